The molecule has 1 saturated heterocycles. The molecule has 0 aromatic carbocycles. The summed E-state index contributed by atoms with van der Waals surface area (Å²) in [7, 11) is 0. The standard InChI is InChI=1S/C19H20N6O4/c1-11-7-12(4-5-21-11)19-23-15(10-29-19)18(27)22-14-9-25(24-16(14)17(20)26)8-13-3-2-6-28-13/h4-5,7,9-10,13H,2-3,6,8H2,1H3,(H2,20,26)(H,22,27)/t13-/m1/s1. The number of carbonyl (C=O) groups excluding carboxylic acids is 2. The lowest BCUT2D eigenvalue weighted by molar-refractivity contribution is 0.0927. The number of ether oxygens (including phenoxy) is 1. The molecule has 3 N–H and O–H groups in total. The number of nitrogens with one attached hydrogen (secondary N) is 1. The molecule has 0 aliphatic carbocycles. The maximum absolute atomic E-state index is 12.6. The lowest BCUT2D eigenvalue weighted by atomic mass is 10.2. The van der Waals surface area contributed by atoms with Crippen LogP contribution in [0.5, 0.6) is 0 Å². The second kappa shape index (κ2) is 7.84. The highest BCUT2D eigenvalue weighted by atomic mass is 16.5. The van der Waals surface area contributed by atoms with Crippen molar-refractivity contribution in [2.75, 3.05) is 11.9 Å². The zero-order valence-corrected chi connectivity index (χ0v) is 15.8. The van der Waals surface area contributed by atoms with Crippen LogP contribution in [0.3, 0.4) is 0 Å². The van der Waals surface area contributed by atoms with Crippen molar-refractivity contribution >= 4 is 17.5 Å². The Hall–Kier alpha value is -3.53. The smallest absolute Gasteiger partial charge is 0.277 e. The van der Waals surface area contributed by atoms with Crippen molar-refractivity contribution in [3.63, 3.8) is 0 Å². The van der Waals surface area contributed by atoms with Crippen LogP contribution in [0.25, 0.3) is 11.5 Å². The highest BCUT2D eigenvalue weighted by Gasteiger charge is 2.22. The van der Waals surface area contributed by atoms with Gasteiger partial charge in [0.1, 0.15) is 6.26 Å². The van der Waals surface area contributed by atoms with E-state index in [1.165, 1.54) is 6.26 Å². The number of anilines is 1. The molecule has 1 fully saturated rings. The molecule has 10 heteroatoms. The van der Waals surface area contributed by atoms with Crippen LogP contribution in [0.15, 0.2) is 35.2 Å². The van der Waals surface area contributed by atoms with Crippen molar-refractivity contribution in [3.05, 3.63) is 47.9 Å². The van der Waals surface area contributed by atoms with Crippen molar-refractivity contribution in [2.45, 2.75) is 32.4 Å². The number of carbonyl (C=O) groups is 2. The summed E-state index contributed by atoms with van der Waals surface area (Å²) >= 11 is 0. The van der Waals surface area contributed by atoms with Gasteiger partial charge in [-0.15, -0.1) is 0 Å². The van der Waals surface area contributed by atoms with E-state index in [-0.39, 0.29) is 23.2 Å². The van der Waals surface area contributed by atoms with Crippen molar-refractivity contribution in [1.82, 2.24) is 19.7 Å². The molecule has 4 heterocycles. The molecule has 0 bridgehead atoms. The molecule has 10 nitrogen and oxygen atoms in total. The fraction of sp³-hybridized carbons (Fsp3) is 0.316. The average molecular weight is 396 g/mol. The van der Waals surface area contributed by atoms with Crippen molar-refractivity contribution < 1.29 is 18.7 Å². The first-order valence-electron chi connectivity index (χ1n) is 9.18. The van der Waals surface area contributed by atoms with E-state index < -0.39 is 11.8 Å². The summed E-state index contributed by atoms with van der Waals surface area (Å²) in [6.07, 6.45) is 6.39. The molecule has 3 aromatic heterocycles. The number of rotatable bonds is 6. The Balaban J connectivity index is 1.52. The van der Waals surface area contributed by atoms with E-state index in [1.54, 1.807) is 29.2 Å². The summed E-state index contributed by atoms with van der Waals surface area (Å²) in [5, 5.41) is 6.81. The third kappa shape index (κ3) is 4.16. The topological polar surface area (TPSA) is 138 Å². The molecule has 1 aliphatic rings. The molecule has 0 saturated carbocycles. The van der Waals surface area contributed by atoms with E-state index in [2.05, 4.69) is 20.4 Å². The minimum Gasteiger partial charge on any atom is -0.444 e. The van der Waals surface area contributed by atoms with Crippen molar-refractivity contribution in [2.24, 2.45) is 5.73 Å². The van der Waals surface area contributed by atoms with Gasteiger partial charge in [0.15, 0.2) is 11.4 Å². The maximum atomic E-state index is 12.6. The Labute approximate surface area is 166 Å². The SMILES string of the molecule is Cc1cc(-c2nc(C(=O)Nc3cn(C[C@H]4CCCO4)nc3C(N)=O)co2)ccn1. The van der Waals surface area contributed by atoms with Gasteiger partial charge in [0.25, 0.3) is 11.8 Å². The van der Waals surface area contributed by atoms with E-state index >= 15 is 0 Å². The lowest BCUT2D eigenvalue weighted by Gasteiger charge is -2.08. The minimum absolute atomic E-state index is 0.0233. The molecular weight excluding hydrogens is 376 g/mol. The van der Waals surface area contributed by atoms with E-state index in [0.717, 1.165) is 18.5 Å². The predicted octanol–water partition coefficient (Wildman–Crippen LogP) is 1.77. The van der Waals surface area contributed by atoms with Crippen LogP contribution in [-0.2, 0) is 11.3 Å². The van der Waals surface area contributed by atoms with Crippen LogP contribution >= 0.6 is 0 Å². The molecule has 0 spiro atoms. The van der Waals surface area contributed by atoms with Gasteiger partial charge in [-0.2, -0.15) is 5.10 Å². The number of nitrogens with two attached hydrogens (primary N) is 1. The number of aryl methyl sites for hydroxylation is 1. The van der Waals surface area contributed by atoms with Crippen LogP contribution in [-0.4, -0.2) is 44.3 Å². The number of pyridine rings is 1. The number of hydrogen-bond donors (Lipinski definition) is 2. The van der Waals surface area contributed by atoms with Gasteiger partial charge in [-0.25, -0.2) is 4.98 Å². The number of oxazole rings is 1. The summed E-state index contributed by atoms with van der Waals surface area (Å²) in [6.45, 7) is 3.04. The van der Waals surface area contributed by atoms with Crippen molar-refractivity contribution in [1.29, 1.82) is 0 Å². The summed E-state index contributed by atoms with van der Waals surface area (Å²) in [5.41, 5.74) is 7.17. The number of aromatic nitrogens is 4. The molecule has 4 rings (SSSR count). The van der Waals surface area contributed by atoms with Gasteiger partial charge in [0, 0.05) is 30.3 Å². The van der Waals surface area contributed by atoms with Crippen LogP contribution < -0.4 is 11.1 Å². The summed E-state index contributed by atoms with van der Waals surface area (Å²) < 4.78 is 12.5. The van der Waals surface area contributed by atoms with Gasteiger partial charge in [-0.1, -0.05) is 0 Å². The molecule has 3 aromatic rings. The second-order valence-corrected chi connectivity index (χ2v) is 6.79. The monoisotopic (exact) mass is 396 g/mol. The van der Waals surface area contributed by atoms with Gasteiger partial charge in [0.2, 0.25) is 5.89 Å². The van der Waals surface area contributed by atoms with E-state index in [4.69, 9.17) is 14.9 Å². The summed E-state index contributed by atoms with van der Waals surface area (Å²) in [5.74, 6) is -0.978. The van der Waals surface area contributed by atoms with Gasteiger partial charge >= 0.3 is 0 Å². The highest BCUT2D eigenvalue weighted by molar-refractivity contribution is 6.07. The Bertz CT molecular complexity index is 1050. The number of hydrogen-bond acceptors (Lipinski definition) is 7. The van der Waals surface area contributed by atoms with Gasteiger partial charge in [0.05, 0.1) is 18.3 Å². The molecule has 150 valence electrons. The third-order valence-electron chi connectivity index (χ3n) is 4.54. The third-order valence-corrected chi connectivity index (χ3v) is 4.54. The summed E-state index contributed by atoms with van der Waals surface area (Å²) in [6, 6.07) is 3.54. The summed E-state index contributed by atoms with van der Waals surface area (Å²) in [4.78, 5) is 32.7. The highest BCUT2D eigenvalue weighted by Crippen LogP contribution is 2.21. The first-order valence-corrected chi connectivity index (χ1v) is 9.18. The Morgan fingerprint density at radius 1 is 1.41 bits per heavy atom. The zero-order valence-electron chi connectivity index (χ0n) is 15.8. The average Bonchev–Trinajstić information content (AvgIpc) is 3.42. The largest absolute Gasteiger partial charge is 0.444 e. The normalized spacial score (nSPS) is 16.1. The zero-order chi connectivity index (χ0) is 20.4. The van der Waals surface area contributed by atoms with Crippen LogP contribution in [0.2, 0.25) is 0 Å². The lowest BCUT2D eigenvalue weighted by Crippen LogP contribution is -2.18. The Morgan fingerprint density at radius 2 is 2.28 bits per heavy atom. The molecular formula is C19H20N6O4. The molecule has 29 heavy (non-hydrogen) atoms. The number of primary amides is 1. The van der Waals surface area contributed by atoms with Crippen LogP contribution in [0.4, 0.5) is 5.69 Å². The number of amides is 2. The molecule has 1 aliphatic heterocycles. The fourth-order valence-electron chi connectivity index (χ4n) is 3.16. The molecule has 0 unspecified atom stereocenters. The van der Waals surface area contributed by atoms with Crippen molar-refractivity contribution in [3.8, 4) is 11.5 Å². The minimum atomic E-state index is -0.737. The predicted molar refractivity (Wildman–Crippen MR) is 102 cm³/mol. The van der Waals surface area contributed by atoms with E-state index in [9.17, 15) is 9.59 Å². The molecule has 2 amide bonds. The Morgan fingerprint density at radius 3 is 3.00 bits per heavy atom. The van der Waals surface area contributed by atoms with E-state index in [0.29, 0.717) is 24.6 Å². The quantitative estimate of drug-likeness (QED) is 0.647. The number of nitrogens with zero attached hydrogens (tertiary/aromatic N) is 4. The van der Waals surface area contributed by atoms with Gasteiger partial charge < -0.3 is 20.2 Å². The van der Waals surface area contributed by atoms with Crippen LogP contribution in [0.1, 0.15) is 39.5 Å². The molecule has 1 atom stereocenters. The molecule has 0 radical (unpaired) electrons. The second-order valence-electron chi connectivity index (χ2n) is 6.79. The van der Waals surface area contributed by atoms with Crippen LogP contribution in [0, 0.1) is 6.92 Å². The maximum Gasteiger partial charge on any atom is 0.277 e. The first kappa shape index (κ1) is 18.8. The first-order chi connectivity index (χ1) is 14.0. The Kier molecular flexibility index (Phi) is 5.09. The van der Waals surface area contributed by atoms with E-state index in [1.807, 2.05) is 6.92 Å². The fourth-order valence-corrected chi connectivity index (χ4v) is 3.16. The van der Waals surface area contributed by atoms with Gasteiger partial charge in [-0.05, 0) is 31.9 Å². The van der Waals surface area contributed by atoms with Gasteiger partial charge in [-0.3, -0.25) is 19.3 Å².